The van der Waals surface area contributed by atoms with Crippen molar-refractivity contribution in [2.24, 2.45) is 4.99 Å². The van der Waals surface area contributed by atoms with E-state index in [1.54, 1.807) is 49.4 Å². The lowest BCUT2D eigenvalue weighted by Crippen LogP contribution is -2.14. The summed E-state index contributed by atoms with van der Waals surface area (Å²) >= 11 is 16.8. The quantitative estimate of drug-likeness (QED) is 0.227. The van der Waals surface area contributed by atoms with E-state index in [2.05, 4.69) is 20.9 Å². The van der Waals surface area contributed by atoms with Crippen molar-refractivity contribution in [2.45, 2.75) is 20.5 Å². The fourth-order valence-corrected chi connectivity index (χ4v) is 5.80. The minimum absolute atomic E-state index is 0.00249. The van der Waals surface area contributed by atoms with Gasteiger partial charge in [0.25, 0.3) is 5.91 Å². The van der Waals surface area contributed by atoms with Crippen molar-refractivity contribution in [3.05, 3.63) is 108 Å². The minimum atomic E-state index is -0.799. The third-order valence-corrected chi connectivity index (χ3v) is 7.75. The van der Waals surface area contributed by atoms with Gasteiger partial charge in [-0.25, -0.2) is 9.79 Å². The lowest BCUT2D eigenvalue weighted by Gasteiger charge is -2.15. The van der Waals surface area contributed by atoms with Crippen LogP contribution in [-0.2, 0) is 16.1 Å². The number of carbonyl (C=O) groups excluding carboxylic acids is 2. The van der Waals surface area contributed by atoms with Gasteiger partial charge in [-0.15, -0.1) is 0 Å². The number of hydrogen-bond donors (Lipinski definition) is 1. The number of ether oxygens (including phenoxy) is 3. The molecular formula is C30H24BrCl2NO6S. The first kappa shape index (κ1) is 30.7. The Bertz CT molecular complexity index is 1590. The number of rotatable bonds is 9. The summed E-state index contributed by atoms with van der Waals surface area (Å²) in [4.78, 5) is 30.0. The van der Waals surface area contributed by atoms with E-state index >= 15 is 0 Å². The van der Waals surface area contributed by atoms with E-state index in [1.165, 1.54) is 6.07 Å². The molecule has 1 amide bonds. The fraction of sp³-hybridized carbons (Fsp3) is 0.167. The summed E-state index contributed by atoms with van der Waals surface area (Å²) in [5.41, 5.74) is 1.49. The highest BCUT2D eigenvalue weighted by Crippen LogP contribution is 2.42. The molecule has 41 heavy (non-hydrogen) atoms. The number of carbonyl (C=O) groups is 2. The molecular weight excluding hydrogens is 653 g/mol. The largest absolute Gasteiger partial charge is 0.506 e. The molecule has 0 fully saturated rings. The predicted octanol–water partition coefficient (Wildman–Crippen LogP) is 8.44. The Balaban J connectivity index is 1.69. The Kier molecular flexibility index (Phi) is 10.6. The van der Waals surface area contributed by atoms with E-state index in [1.807, 2.05) is 25.1 Å². The van der Waals surface area contributed by atoms with Crippen LogP contribution >= 0.6 is 50.9 Å². The third kappa shape index (κ3) is 7.54. The monoisotopic (exact) mass is 675 g/mol. The van der Waals surface area contributed by atoms with Crippen molar-refractivity contribution in [3.8, 4) is 11.5 Å². The van der Waals surface area contributed by atoms with E-state index in [-0.39, 0.29) is 40.2 Å². The normalized spacial score (nSPS) is 15.0. The Morgan fingerprint density at radius 2 is 1.80 bits per heavy atom. The molecule has 0 unspecified atom stereocenters. The maximum Gasteiger partial charge on any atom is 0.344 e. The number of aliphatic hydroxyl groups excluding tert-OH is 1. The number of aliphatic hydroxyl groups is 1. The maximum absolute atomic E-state index is 12.9. The van der Waals surface area contributed by atoms with Gasteiger partial charge < -0.3 is 19.3 Å². The Hall–Kier alpha value is -3.24. The molecule has 3 aromatic rings. The molecule has 1 aliphatic heterocycles. The van der Waals surface area contributed by atoms with E-state index in [4.69, 9.17) is 37.4 Å². The number of benzene rings is 3. The molecule has 0 aromatic heterocycles. The summed E-state index contributed by atoms with van der Waals surface area (Å²) in [6, 6.07) is 17.3. The summed E-state index contributed by atoms with van der Waals surface area (Å²) < 4.78 is 17.6. The molecule has 3 aromatic carbocycles. The van der Waals surface area contributed by atoms with Gasteiger partial charge in [0.1, 0.15) is 23.0 Å². The van der Waals surface area contributed by atoms with Crippen LogP contribution in [0, 0.1) is 0 Å². The molecule has 0 saturated carbocycles. The first-order chi connectivity index (χ1) is 19.7. The van der Waals surface area contributed by atoms with Crippen LogP contribution in [0.25, 0.3) is 6.08 Å². The Morgan fingerprint density at radius 3 is 2.51 bits per heavy atom. The molecule has 1 N–H and O–H groups in total. The topological polar surface area (TPSA) is 94.4 Å². The van der Waals surface area contributed by atoms with Gasteiger partial charge in [-0.3, -0.25) is 4.79 Å². The molecule has 0 atom stereocenters. The average Bonchev–Trinajstić information content (AvgIpc) is 3.22. The number of aliphatic imine (C=N–C) groups is 1. The highest BCUT2D eigenvalue weighted by Gasteiger charge is 2.34. The van der Waals surface area contributed by atoms with Crippen molar-refractivity contribution in [2.75, 3.05) is 13.2 Å². The van der Waals surface area contributed by atoms with Crippen LogP contribution in [0.5, 0.6) is 11.5 Å². The van der Waals surface area contributed by atoms with Gasteiger partial charge >= 0.3 is 5.97 Å². The standard InChI is InChI=1S/C30H24BrCl2NO6S/c1-3-38-23-14-18(13-21(31)27(23)40-16-17-8-7-9-19(32)12-17)15-24-26(35)25(30(37)39-4-2)29(41-24)34-28(36)20-10-5-6-11-22(20)33/h5-15,35H,3-4,16H2,1-2H3/b24-15-,34-29?. The Morgan fingerprint density at radius 1 is 1.02 bits per heavy atom. The van der Waals surface area contributed by atoms with Crippen molar-refractivity contribution in [1.82, 2.24) is 0 Å². The van der Waals surface area contributed by atoms with Crippen molar-refractivity contribution >= 4 is 73.9 Å². The average molecular weight is 677 g/mol. The second kappa shape index (κ2) is 14.1. The van der Waals surface area contributed by atoms with Crippen LogP contribution in [0.1, 0.15) is 35.3 Å². The zero-order valence-corrected chi connectivity index (χ0v) is 25.9. The van der Waals surface area contributed by atoms with Crippen LogP contribution in [0.2, 0.25) is 10.0 Å². The zero-order chi connectivity index (χ0) is 29.5. The number of thioether (sulfide) groups is 1. The van der Waals surface area contributed by atoms with Gasteiger partial charge in [0.05, 0.1) is 33.2 Å². The fourth-order valence-electron chi connectivity index (χ4n) is 3.79. The highest BCUT2D eigenvalue weighted by atomic mass is 79.9. The number of amides is 1. The van der Waals surface area contributed by atoms with Crippen LogP contribution in [-0.4, -0.2) is 35.2 Å². The van der Waals surface area contributed by atoms with Crippen molar-refractivity contribution in [1.29, 1.82) is 0 Å². The number of halogens is 3. The van der Waals surface area contributed by atoms with E-state index in [9.17, 15) is 14.7 Å². The summed E-state index contributed by atoms with van der Waals surface area (Å²) in [5, 5.41) is 11.9. The maximum atomic E-state index is 12.9. The second-order valence-corrected chi connectivity index (χ2v) is 11.2. The molecule has 0 radical (unpaired) electrons. The number of hydrogen-bond acceptors (Lipinski definition) is 7. The SMILES string of the molecule is CCOC(=O)C1=C(O)/C(=C/c2cc(Br)c(OCc3cccc(Cl)c3)c(OCC)c2)SC1=NC(=O)c1ccccc1Cl. The molecule has 4 rings (SSSR count). The molecule has 1 heterocycles. The van der Waals surface area contributed by atoms with Gasteiger partial charge in [-0.05, 0) is 83.4 Å². The van der Waals surface area contributed by atoms with Crippen LogP contribution in [0.4, 0.5) is 0 Å². The smallest absolute Gasteiger partial charge is 0.344 e. The molecule has 0 aliphatic carbocycles. The van der Waals surface area contributed by atoms with Gasteiger partial charge in [-0.2, -0.15) is 0 Å². The van der Waals surface area contributed by atoms with Crippen LogP contribution in [0.15, 0.2) is 86.4 Å². The molecule has 212 valence electrons. The van der Waals surface area contributed by atoms with E-state index < -0.39 is 11.9 Å². The summed E-state index contributed by atoms with van der Waals surface area (Å²) in [6.45, 7) is 4.22. The number of esters is 1. The molecule has 0 saturated heterocycles. The summed E-state index contributed by atoms with van der Waals surface area (Å²) in [7, 11) is 0. The summed E-state index contributed by atoms with van der Waals surface area (Å²) in [6.07, 6.45) is 1.65. The molecule has 0 bridgehead atoms. The van der Waals surface area contributed by atoms with E-state index in [0.29, 0.717) is 38.1 Å². The number of nitrogens with zero attached hydrogens (tertiary/aromatic N) is 1. The summed E-state index contributed by atoms with van der Waals surface area (Å²) in [5.74, 6) is -0.846. The predicted molar refractivity (Wildman–Crippen MR) is 166 cm³/mol. The molecule has 0 spiro atoms. The van der Waals surface area contributed by atoms with Gasteiger partial charge in [0.15, 0.2) is 11.5 Å². The first-order valence-corrected chi connectivity index (χ1v) is 14.8. The van der Waals surface area contributed by atoms with E-state index in [0.717, 1.165) is 17.3 Å². The third-order valence-electron chi connectivity index (χ3n) is 5.58. The molecule has 7 nitrogen and oxygen atoms in total. The van der Waals surface area contributed by atoms with Crippen molar-refractivity contribution < 1.29 is 28.9 Å². The van der Waals surface area contributed by atoms with Gasteiger partial charge in [0.2, 0.25) is 0 Å². The van der Waals surface area contributed by atoms with Gasteiger partial charge in [0, 0.05) is 5.02 Å². The Labute approximate surface area is 259 Å². The minimum Gasteiger partial charge on any atom is -0.506 e. The second-order valence-electron chi connectivity index (χ2n) is 8.44. The zero-order valence-electron chi connectivity index (χ0n) is 21.9. The molecule has 1 aliphatic rings. The lowest BCUT2D eigenvalue weighted by atomic mass is 10.1. The van der Waals surface area contributed by atoms with Gasteiger partial charge in [-0.1, -0.05) is 59.2 Å². The molecule has 11 heteroatoms. The van der Waals surface area contributed by atoms with Crippen molar-refractivity contribution in [3.63, 3.8) is 0 Å². The van der Waals surface area contributed by atoms with Crippen LogP contribution < -0.4 is 9.47 Å². The first-order valence-electron chi connectivity index (χ1n) is 12.4. The van der Waals surface area contributed by atoms with Crippen LogP contribution in [0.3, 0.4) is 0 Å². The lowest BCUT2D eigenvalue weighted by molar-refractivity contribution is -0.138. The highest BCUT2D eigenvalue weighted by molar-refractivity contribution is 9.10.